The number of rotatable bonds is 9. The first-order valence-electron chi connectivity index (χ1n) is 17.1. The summed E-state index contributed by atoms with van der Waals surface area (Å²) in [5.74, 6) is 0. The maximum atomic E-state index is 5.34. The van der Waals surface area contributed by atoms with E-state index in [1.54, 1.807) is 0 Å². The van der Waals surface area contributed by atoms with Crippen LogP contribution in [-0.2, 0) is 3.42 Å². The van der Waals surface area contributed by atoms with Gasteiger partial charge in [0.25, 0.3) is 0 Å². The van der Waals surface area contributed by atoms with Crippen LogP contribution in [0, 0.1) is 0 Å². The zero-order valence-electron chi connectivity index (χ0n) is 28.4. The van der Waals surface area contributed by atoms with Crippen LogP contribution in [0.4, 0.5) is 17.1 Å². The van der Waals surface area contributed by atoms with Crippen molar-refractivity contribution in [3.8, 4) is 16.9 Å². The topological polar surface area (TPSA) is 34.0 Å². The molecule has 2 aromatic heterocycles. The number of halogens is 2. The molecule has 4 nitrogen and oxygen atoms in total. The molecule has 0 amide bonds. The molecule has 248 valence electrons. The van der Waals surface area contributed by atoms with Crippen molar-refractivity contribution in [1.82, 2.24) is 14.5 Å². The van der Waals surface area contributed by atoms with Gasteiger partial charge in [-0.15, -0.1) is 0 Å². The van der Waals surface area contributed by atoms with Gasteiger partial charge in [0.05, 0.1) is 11.0 Å². The van der Waals surface area contributed by atoms with Crippen molar-refractivity contribution < 1.29 is 0 Å². The van der Waals surface area contributed by atoms with Crippen LogP contribution >= 0.6 is 34.5 Å². The van der Waals surface area contributed by atoms with E-state index in [4.69, 9.17) is 9.97 Å². The Labute approximate surface area is 310 Å². The van der Waals surface area contributed by atoms with Crippen LogP contribution in [-0.4, -0.2) is 19.0 Å². The molecule has 0 spiro atoms. The fourth-order valence-electron chi connectivity index (χ4n) is 7.01. The molecule has 6 heteroatoms. The molecule has 8 rings (SSSR count). The molecule has 50 heavy (non-hydrogen) atoms. The Kier molecular flexibility index (Phi) is 9.08. The molecule has 0 aliphatic rings. The summed E-state index contributed by atoms with van der Waals surface area (Å²) in [6.07, 6.45) is 1.05. The van der Waals surface area contributed by atoms with E-state index < -0.39 is 15.8 Å². The summed E-state index contributed by atoms with van der Waals surface area (Å²) in [6, 6.07) is 54.1. The van der Waals surface area contributed by atoms with Crippen LogP contribution in [0.2, 0.25) is 0 Å². The van der Waals surface area contributed by atoms with E-state index in [9.17, 15) is 0 Å². The molecule has 2 heterocycles. The van der Waals surface area contributed by atoms with E-state index in [0.717, 1.165) is 57.2 Å². The fourth-order valence-corrected chi connectivity index (χ4v) is 13.7. The normalized spacial score (nSPS) is 13.1. The molecule has 1 atom stereocenters. The molecular weight excluding hydrogens is 838 g/mol. The summed E-state index contributed by atoms with van der Waals surface area (Å²) < 4.78 is 3.63. The number of anilines is 3. The third-order valence-corrected chi connectivity index (χ3v) is 24.9. The Morgan fingerprint density at radius 2 is 1.10 bits per heavy atom. The summed E-state index contributed by atoms with van der Waals surface area (Å²) in [4.78, 5) is 13.0. The minimum absolute atomic E-state index is 0.0401. The number of hydrogen-bond acceptors (Lipinski definition) is 3. The number of hydrogen-bond donors (Lipinski definition) is 0. The number of alkyl halides is 2. The van der Waals surface area contributed by atoms with Crippen molar-refractivity contribution in [2.24, 2.45) is 0 Å². The summed E-state index contributed by atoms with van der Waals surface area (Å²) in [7, 11) is 0. The molecule has 1 unspecified atom stereocenters. The van der Waals surface area contributed by atoms with Crippen LogP contribution in [0.3, 0.4) is 0 Å². The minimum atomic E-state index is -1.38. The Hall–Kier alpha value is -4.28. The summed E-state index contributed by atoms with van der Waals surface area (Å²) in [5.41, 5.74) is 12.0. The van der Waals surface area contributed by atoms with Crippen LogP contribution in [0.1, 0.15) is 32.9 Å². The van der Waals surface area contributed by atoms with Crippen molar-refractivity contribution in [3.63, 3.8) is 0 Å². The van der Waals surface area contributed by atoms with Gasteiger partial charge in [-0.3, -0.25) is 0 Å². The second kappa shape index (κ2) is 13.8. The third kappa shape index (κ3) is 5.76. The van der Waals surface area contributed by atoms with Gasteiger partial charge in [0.1, 0.15) is 0 Å². The van der Waals surface area contributed by atoms with Crippen molar-refractivity contribution in [2.45, 2.75) is 30.6 Å². The Morgan fingerprint density at radius 3 is 1.68 bits per heavy atom. The Balaban J connectivity index is 1.22. The number of fused-ring (bicyclic) bond motifs is 4. The van der Waals surface area contributed by atoms with Crippen molar-refractivity contribution >= 4 is 84.4 Å². The quantitative estimate of drug-likeness (QED) is 0.107. The van der Waals surface area contributed by atoms with Crippen molar-refractivity contribution in [1.29, 1.82) is 0 Å². The molecule has 0 aliphatic carbocycles. The van der Waals surface area contributed by atoms with Gasteiger partial charge in [-0.05, 0) is 12.1 Å². The molecule has 0 N–H and O–H groups in total. The van der Waals surface area contributed by atoms with Gasteiger partial charge in [0.2, 0.25) is 0 Å². The van der Waals surface area contributed by atoms with Gasteiger partial charge < -0.3 is 4.57 Å². The van der Waals surface area contributed by atoms with E-state index in [0.29, 0.717) is 0 Å². The van der Waals surface area contributed by atoms with Crippen LogP contribution in [0.5, 0.6) is 0 Å². The van der Waals surface area contributed by atoms with Crippen molar-refractivity contribution in [3.05, 3.63) is 157 Å². The predicted octanol–water partition coefficient (Wildman–Crippen LogP) is 13.4. The molecule has 0 aliphatic heterocycles. The van der Waals surface area contributed by atoms with Gasteiger partial charge in [0.15, 0.2) is 0 Å². The van der Waals surface area contributed by atoms with E-state index in [1.807, 2.05) is 0 Å². The first kappa shape index (κ1) is 32.9. The second-order valence-corrected chi connectivity index (χ2v) is 24.9. The first-order chi connectivity index (χ1) is 24.5. The molecule has 0 saturated heterocycles. The molecular formula is C44H38I2N4. The zero-order valence-corrected chi connectivity index (χ0v) is 32.7. The number of benzene rings is 6. The average Bonchev–Trinajstić information content (AvgIpc) is 3.52. The molecule has 8 aromatic rings. The molecule has 0 bridgehead atoms. The Morgan fingerprint density at radius 1 is 0.600 bits per heavy atom. The van der Waals surface area contributed by atoms with E-state index in [2.05, 4.69) is 201 Å². The van der Waals surface area contributed by atoms with Gasteiger partial charge in [0, 0.05) is 10.8 Å². The molecule has 0 saturated carbocycles. The van der Waals surface area contributed by atoms with Gasteiger partial charge in [-0.1, -0.05) is 36.4 Å². The number of aromatic nitrogens is 3. The van der Waals surface area contributed by atoms with Gasteiger partial charge in [-0.2, -0.15) is 0 Å². The molecule has 0 fully saturated rings. The Bertz CT molecular complexity index is 2390. The first-order valence-corrected chi connectivity index (χ1v) is 26.0. The SMILES string of the molecule is CCI(I)C(C)(CC)c1nc2ccccc2nc1-c1ccc(N(c2ccccc2)c2ccc(-n3c4ccccc4c4ccccc43)cc2)cc1. The molecule has 6 aromatic carbocycles. The fraction of sp³-hybridized carbons (Fsp3) is 0.136. The van der Waals surface area contributed by atoms with Crippen LogP contribution < -0.4 is 4.90 Å². The van der Waals surface area contributed by atoms with Crippen molar-refractivity contribution in [2.75, 3.05) is 9.33 Å². The van der Waals surface area contributed by atoms with Gasteiger partial charge >= 0.3 is 238 Å². The standard InChI is InChI=1S/C44H38I2N4/c1-4-44(3,46(45)5-2)43-42(47-38-19-11-12-20-39(38)48-43)31-23-25-33(26-24-31)49(32-15-7-6-8-16-32)34-27-29-35(30-28-34)50-40-21-13-9-17-36(40)37-18-10-14-22-41(37)50/h6-30H,4-5H2,1-3H3. The van der Waals surface area contributed by atoms with Gasteiger partial charge in [-0.25, -0.2) is 0 Å². The molecule has 0 radical (unpaired) electrons. The van der Waals surface area contributed by atoms with E-state index in [-0.39, 0.29) is 3.42 Å². The summed E-state index contributed by atoms with van der Waals surface area (Å²) in [5, 5.41) is 2.53. The monoisotopic (exact) mass is 876 g/mol. The zero-order chi connectivity index (χ0) is 34.2. The summed E-state index contributed by atoms with van der Waals surface area (Å²) >= 11 is 1.39. The predicted molar refractivity (Wildman–Crippen MR) is 230 cm³/mol. The van der Waals surface area contributed by atoms with E-state index in [1.165, 1.54) is 26.2 Å². The average molecular weight is 877 g/mol. The summed E-state index contributed by atoms with van der Waals surface area (Å²) in [6.45, 7) is 7.07. The number of nitrogens with zero attached hydrogens (tertiary/aromatic N) is 4. The third-order valence-electron chi connectivity index (χ3n) is 9.78. The number of para-hydroxylation sites is 5. The van der Waals surface area contributed by atoms with Crippen LogP contribution in [0.15, 0.2) is 152 Å². The second-order valence-electron chi connectivity index (χ2n) is 12.6. The maximum absolute atomic E-state index is 5.34. The van der Waals surface area contributed by atoms with Crippen LogP contribution in [0.25, 0.3) is 49.8 Å². The van der Waals surface area contributed by atoms with E-state index >= 15 is 0 Å².